The number of rotatable bonds is 8. The van der Waals surface area contributed by atoms with E-state index in [1.54, 1.807) is 6.07 Å². The lowest BCUT2D eigenvalue weighted by Crippen LogP contribution is -2.17. The van der Waals surface area contributed by atoms with Crippen molar-refractivity contribution >= 4 is 17.5 Å². The second-order valence-corrected chi connectivity index (χ2v) is 6.69. The van der Waals surface area contributed by atoms with E-state index in [1.165, 1.54) is 0 Å². The van der Waals surface area contributed by atoms with Crippen LogP contribution in [0.4, 0.5) is 17.5 Å². The summed E-state index contributed by atoms with van der Waals surface area (Å²) in [7, 11) is 4.12. The van der Waals surface area contributed by atoms with Crippen molar-refractivity contribution in [3.8, 4) is 17.3 Å². The number of hydrogen-bond donors (Lipinski definition) is 2. The molecule has 0 aliphatic rings. The fourth-order valence-corrected chi connectivity index (χ4v) is 2.77. The summed E-state index contributed by atoms with van der Waals surface area (Å²) in [6.07, 6.45) is 1.01. The number of nitriles is 1. The minimum absolute atomic E-state index is 0.458. The molecule has 28 heavy (non-hydrogen) atoms. The van der Waals surface area contributed by atoms with Crippen molar-refractivity contribution in [2.24, 2.45) is 0 Å². The van der Waals surface area contributed by atoms with Gasteiger partial charge in [0.15, 0.2) is 0 Å². The maximum absolute atomic E-state index is 9.32. The van der Waals surface area contributed by atoms with Crippen LogP contribution in [0.5, 0.6) is 0 Å². The number of benzene rings is 2. The first-order valence-corrected chi connectivity index (χ1v) is 9.25. The fourth-order valence-electron chi connectivity index (χ4n) is 2.77. The van der Waals surface area contributed by atoms with Crippen LogP contribution in [-0.4, -0.2) is 42.1 Å². The van der Waals surface area contributed by atoms with Crippen molar-refractivity contribution < 1.29 is 0 Å². The Labute approximate surface area is 165 Å². The van der Waals surface area contributed by atoms with Gasteiger partial charge < -0.3 is 15.5 Å². The summed E-state index contributed by atoms with van der Waals surface area (Å²) in [5, 5.41) is 15.9. The maximum Gasteiger partial charge on any atom is 0.229 e. The van der Waals surface area contributed by atoms with Crippen LogP contribution >= 0.6 is 0 Å². The highest BCUT2D eigenvalue weighted by atomic mass is 15.1. The predicted molar refractivity (Wildman–Crippen MR) is 114 cm³/mol. The Balaban J connectivity index is 1.88. The average molecular weight is 372 g/mol. The molecule has 0 saturated carbocycles. The van der Waals surface area contributed by atoms with Crippen LogP contribution in [0.15, 0.2) is 60.7 Å². The third-order valence-corrected chi connectivity index (χ3v) is 4.18. The Morgan fingerprint density at radius 3 is 2.50 bits per heavy atom. The van der Waals surface area contributed by atoms with Crippen molar-refractivity contribution in [2.75, 3.05) is 37.8 Å². The Bertz CT molecular complexity index is 947. The van der Waals surface area contributed by atoms with Crippen LogP contribution in [0, 0.1) is 11.3 Å². The standard InChI is InChI=1S/C22H24N6/c1-28(2)14-8-13-24-21-15-20(17-9-4-3-5-10-17)26-22(27-21)25-19-12-7-6-11-18(19)16-23/h3-7,9-12,15H,8,13-14H2,1-2H3,(H2,24,25,26,27). The van der Waals surface area contributed by atoms with Gasteiger partial charge in [0.05, 0.1) is 16.9 Å². The van der Waals surface area contributed by atoms with E-state index in [4.69, 9.17) is 0 Å². The molecule has 2 N–H and O–H groups in total. The molecule has 0 aliphatic heterocycles. The van der Waals surface area contributed by atoms with Crippen LogP contribution in [-0.2, 0) is 0 Å². The van der Waals surface area contributed by atoms with E-state index in [2.05, 4.69) is 45.7 Å². The second kappa shape index (κ2) is 9.49. The molecular weight excluding hydrogens is 348 g/mol. The molecule has 2 aromatic carbocycles. The van der Waals surface area contributed by atoms with Crippen molar-refractivity contribution in [3.05, 3.63) is 66.2 Å². The van der Waals surface area contributed by atoms with Crippen molar-refractivity contribution in [3.63, 3.8) is 0 Å². The zero-order chi connectivity index (χ0) is 19.8. The minimum atomic E-state index is 0.458. The normalized spacial score (nSPS) is 10.5. The molecule has 0 unspecified atom stereocenters. The molecule has 6 nitrogen and oxygen atoms in total. The molecule has 3 rings (SSSR count). The van der Waals surface area contributed by atoms with E-state index in [-0.39, 0.29) is 0 Å². The third kappa shape index (κ3) is 5.29. The monoisotopic (exact) mass is 372 g/mol. The predicted octanol–water partition coefficient (Wildman–Crippen LogP) is 4.12. The number of aromatic nitrogens is 2. The van der Waals surface area contributed by atoms with Crippen molar-refractivity contribution in [2.45, 2.75) is 6.42 Å². The van der Waals surface area contributed by atoms with Crippen molar-refractivity contribution in [1.82, 2.24) is 14.9 Å². The molecule has 0 aliphatic carbocycles. The molecule has 0 radical (unpaired) electrons. The highest BCUT2D eigenvalue weighted by Gasteiger charge is 2.09. The number of anilines is 3. The third-order valence-electron chi connectivity index (χ3n) is 4.18. The Kier molecular flexibility index (Phi) is 6.55. The molecule has 0 amide bonds. The Hall–Kier alpha value is -3.43. The van der Waals surface area contributed by atoms with Crippen LogP contribution < -0.4 is 10.6 Å². The summed E-state index contributed by atoms with van der Waals surface area (Å²) < 4.78 is 0. The molecule has 142 valence electrons. The van der Waals surface area contributed by atoms with Gasteiger partial charge in [-0.2, -0.15) is 10.2 Å². The highest BCUT2D eigenvalue weighted by molar-refractivity contribution is 5.68. The number of para-hydroxylation sites is 1. The van der Waals surface area contributed by atoms with Gasteiger partial charge in [-0.05, 0) is 39.2 Å². The van der Waals surface area contributed by atoms with E-state index in [0.717, 1.165) is 36.6 Å². The smallest absolute Gasteiger partial charge is 0.229 e. The molecule has 6 heteroatoms. The molecule has 0 saturated heterocycles. The molecule has 1 heterocycles. The van der Waals surface area contributed by atoms with E-state index < -0.39 is 0 Å². The fraction of sp³-hybridized carbons (Fsp3) is 0.227. The summed E-state index contributed by atoms with van der Waals surface area (Å²) in [6.45, 7) is 1.82. The molecule has 1 aromatic heterocycles. The summed E-state index contributed by atoms with van der Waals surface area (Å²) in [4.78, 5) is 11.4. The Morgan fingerprint density at radius 2 is 1.75 bits per heavy atom. The SMILES string of the molecule is CN(C)CCCNc1cc(-c2ccccc2)nc(Nc2ccccc2C#N)n1. The van der Waals surface area contributed by atoms with Gasteiger partial charge in [0.2, 0.25) is 5.95 Å². The van der Waals surface area contributed by atoms with Crippen LogP contribution in [0.2, 0.25) is 0 Å². The van der Waals surface area contributed by atoms with E-state index in [1.807, 2.05) is 54.6 Å². The zero-order valence-corrected chi connectivity index (χ0v) is 16.2. The molecule has 0 atom stereocenters. The Morgan fingerprint density at radius 1 is 1.00 bits per heavy atom. The van der Waals surface area contributed by atoms with Crippen molar-refractivity contribution in [1.29, 1.82) is 5.26 Å². The van der Waals surface area contributed by atoms with Gasteiger partial charge in [0.25, 0.3) is 0 Å². The van der Waals surface area contributed by atoms with Gasteiger partial charge in [-0.3, -0.25) is 0 Å². The van der Waals surface area contributed by atoms with Crippen LogP contribution in [0.1, 0.15) is 12.0 Å². The summed E-state index contributed by atoms with van der Waals surface area (Å²) >= 11 is 0. The lowest BCUT2D eigenvalue weighted by molar-refractivity contribution is 0.405. The summed E-state index contributed by atoms with van der Waals surface area (Å²) in [5.74, 6) is 1.21. The van der Waals surface area contributed by atoms with Gasteiger partial charge in [0, 0.05) is 18.2 Å². The number of nitrogens with one attached hydrogen (secondary N) is 2. The topological polar surface area (TPSA) is 76.9 Å². The zero-order valence-electron chi connectivity index (χ0n) is 16.2. The van der Waals surface area contributed by atoms with Gasteiger partial charge in [-0.25, -0.2) is 4.98 Å². The largest absolute Gasteiger partial charge is 0.370 e. The maximum atomic E-state index is 9.32. The van der Waals surface area contributed by atoms with Gasteiger partial charge in [0.1, 0.15) is 11.9 Å². The molecule has 3 aromatic rings. The molecule has 0 fully saturated rings. The summed E-state index contributed by atoms with van der Waals surface area (Å²) in [6, 6.07) is 21.5. The van der Waals surface area contributed by atoms with Gasteiger partial charge in [-0.15, -0.1) is 0 Å². The van der Waals surface area contributed by atoms with Gasteiger partial charge in [-0.1, -0.05) is 42.5 Å². The van der Waals surface area contributed by atoms with E-state index >= 15 is 0 Å². The lowest BCUT2D eigenvalue weighted by Gasteiger charge is -2.13. The lowest BCUT2D eigenvalue weighted by atomic mass is 10.1. The van der Waals surface area contributed by atoms with Gasteiger partial charge >= 0.3 is 0 Å². The van der Waals surface area contributed by atoms with Crippen LogP contribution in [0.25, 0.3) is 11.3 Å². The highest BCUT2D eigenvalue weighted by Crippen LogP contribution is 2.24. The first kappa shape index (κ1) is 19.3. The number of hydrogen-bond acceptors (Lipinski definition) is 6. The first-order chi connectivity index (χ1) is 13.7. The minimum Gasteiger partial charge on any atom is -0.370 e. The second-order valence-electron chi connectivity index (χ2n) is 6.69. The molecule has 0 spiro atoms. The molecular formula is C22H24N6. The number of nitrogens with zero attached hydrogens (tertiary/aromatic N) is 4. The first-order valence-electron chi connectivity index (χ1n) is 9.25. The average Bonchev–Trinajstić information content (AvgIpc) is 2.72. The molecule has 0 bridgehead atoms. The van der Waals surface area contributed by atoms with E-state index in [0.29, 0.717) is 17.2 Å². The van der Waals surface area contributed by atoms with E-state index in [9.17, 15) is 5.26 Å². The summed E-state index contributed by atoms with van der Waals surface area (Å²) in [5.41, 5.74) is 3.07. The van der Waals surface area contributed by atoms with Crippen LogP contribution in [0.3, 0.4) is 0 Å². The quantitative estimate of drug-likeness (QED) is 0.579.